The molecule has 0 saturated heterocycles. The van der Waals surface area contributed by atoms with Crippen LogP contribution in [0, 0.1) is 16.6 Å². The van der Waals surface area contributed by atoms with Crippen LogP contribution in [0.4, 0.5) is 4.39 Å². The van der Waals surface area contributed by atoms with Crippen LogP contribution in [0.5, 0.6) is 5.75 Å². The fourth-order valence-electron chi connectivity index (χ4n) is 3.13. The van der Waals surface area contributed by atoms with Gasteiger partial charge < -0.3 is 20.9 Å². The van der Waals surface area contributed by atoms with Crippen molar-refractivity contribution in [2.24, 2.45) is 11.1 Å². The van der Waals surface area contributed by atoms with E-state index in [9.17, 15) is 18.8 Å². The second-order valence-corrected chi connectivity index (χ2v) is 8.58. The Balaban J connectivity index is 0.00000544. The molecule has 1 aromatic heterocycles. The van der Waals surface area contributed by atoms with E-state index in [2.05, 4.69) is 5.32 Å². The standard InChI is InChI=1S/C22H26FN3O5S.ClH/c1-4-22(5-2,21(30)26-12(3)19(27)28)11-14-7-9-17(32-14)20(29)31-16-8-6-13(18(24)25)10-15(16)23;/h6-10,12H,4-5,11H2,1-3H3,(H3,24,25)(H,26,30)(H,27,28);1H. The van der Waals surface area contributed by atoms with Gasteiger partial charge in [-0.15, -0.1) is 23.7 Å². The molecule has 0 bridgehead atoms. The first kappa shape index (κ1) is 28.1. The molecule has 0 radical (unpaired) electrons. The third-order valence-electron chi connectivity index (χ3n) is 5.37. The van der Waals surface area contributed by atoms with Crippen LogP contribution in [0.15, 0.2) is 30.3 Å². The second-order valence-electron chi connectivity index (χ2n) is 7.41. The summed E-state index contributed by atoms with van der Waals surface area (Å²) < 4.78 is 19.3. The molecule has 0 saturated carbocycles. The van der Waals surface area contributed by atoms with Gasteiger partial charge in [0.2, 0.25) is 5.91 Å². The highest BCUT2D eigenvalue weighted by Crippen LogP contribution is 2.34. The van der Waals surface area contributed by atoms with Gasteiger partial charge in [-0.2, -0.15) is 0 Å². The number of nitrogens with two attached hydrogens (primary N) is 1. The Morgan fingerprint density at radius 1 is 1.24 bits per heavy atom. The maximum Gasteiger partial charge on any atom is 0.353 e. The average molecular weight is 500 g/mol. The summed E-state index contributed by atoms with van der Waals surface area (Å²) in [5.41, 5.74) is 4.66. The van der Waals surface area contributed by atoms with Crippen LogP contribution in [0.1, 0.15) is 53.7 Å². The predicted octanol–water partition coefficient (Wildman–Crippen LogP) is 3.75. The summed E-state index contributed by atoms with van der Waals surface area (Å²) in [5.74, 6) is -3.64. The third kappa shape index (κ3) is 6.75. The molecular formula is C22H27ClFN3O5S. The summed E-state index contributed by atoms with van der Waals surface area (Å²) in [7, 11) is 0. The van der Waals surface area contributed by atoms with Crippen molar-refractivity contribution < 1.29 is 28.6 Å². The molecule has 2 rings (SSSR count). The SMILES string of the molecule is CCC(CC)(Cc1ccc(C(=O)Oc2ccc(C(=N)N)cc2F)s1)C(=O)NC(C)C(=O)O.Cl. The van der Waals surface area contributed by atoms with Crippen molar-refractivity contribution >= 4 is 47.4 Å². The molecule has 1 aromatic carbocycles. The number of esters is 1. The van der Waals surface area contributed by atoms with Gasteiger partial charge in [-0.05, 0) is 56.5 Å². The van der Waals surface area contributed by atoms with Gasteiger partial charge in [0.1, 0.15) is 16.8 Å². The number of carboxylic acids is 1. The van der Waals surface area contributed by atoms with Crippen LogP contribution in [0.25, 0.3) is 0 Å². The summed E-state index contributed by atoms with van der Waals surface area (Å²) in [5, 5.41) is 18.9. The fraction of sp³-hybridized carbons (Fsp3) is 0.364. The average Bonchev–Trinajstić information content (AvgIpc) is 3.21. The molecule has 5 N–H and O–H groups in total. The van der Waals surface area contributed by atoms with Crippen LogP contribution < -0.4 is 15.8 Å². The molecule has 1 amide bonds. The molecule has 0 aliphatic carbocycles. The van der Waals surface area contributed by atoms with Gasteiger partial charge in [-0.25, -0.2) is 9.18 Å². The molecule has 180 valence electrons. The number of carboxylic acid groups (broad SMARTS) is 1. The van der Waals surface area contributed by atoms with E-state index in [-0.39, 0.29) is 40.3 Å². The van der Waals surface area contributed by atoms with Crippen LogP contribution in [0.2, 0.25) is 0 Å². The normalized spacial score (nSPS) is 11.8. The zero-order valence-corrected chi connectivity index (χ0v) is 20.1. The smallest absolute Gasteiger partial charge is 0.353 e. The van der Waals surface area contributed by atoms with Crippen molar-refractivity contribution in [3.63, 3.8) is 0 Å². The number of nitrogens with one attached hydrogen (secondary N) is 2. The molecule has 1 heterocycles. The van der Waals surface area contributed by atoms with Crippen LogP contribution >= 0.6 is 23.7 Å². The largest absolute Gasteiger partial charge is 0.480 e. The van der Waals surface area contributed by atoms with Gasteiger partial charge in [-0.3, -0.25) is 15.0 Å². The van der Waals surface area contributed by atoms with Crippen molar-refractivity contribution in [1.82, 2.24) is 5.32 Å². The molecule has 8 nitrogen and oxygen atoms in total. The fourth-order valence-corrected chi connectivity index (χ4v) is 4.16. The number of rotatable bonds is 10. The highest BCUT2D eigenvalue weighted by Gasteiger charge is 2.37. The van der Waals surface area contributed by atoms with E-state index in [1.807, 2.05) is 13.8 Å². The molecular weight excluding hydrogens is 473 g/mol. The second kappa shape index (κ2) is 11.8. The Hall–Kier alpha value is -2.98. The lowest BCUT2D eigenvalue weighted by Gasteiger charge is -2.30. The summed E-state index contributed by atoms with van der Waals surface area (Å²) in [4.78, 5) is 37.3. The molecule has 0 spiro atoms. The quantitative estimate of drug-likeness (QED) is 0.170. The first-order chi connectivity index (χ1) is 15.0. The summed E-state index contributed by atoms with van der Waals surface area (Å²) in [6, 6.07) is 5.84. The van der Waals surface area contributed by atoms with Crippen LogP contribution in [-0.2, 0) is 16.0 Å². The van der Waals surface area contributed by atoms with E-state index in [0.717, 1.165) is 22.3 Å². The topological polar surface area (TPSA) is 143 Å². The van der Waals surface area contributed by atoms with Crippen molar-refractivity contribution in [2.75, 3.05) is 0 Å². The number of halogens is 2. The lowest BCUT2D eigenvalue weighted by Crippen LogP contribution is -2.47. The molecule has 0 aliphatic rings. The number of thiophene rings is 1. The molecule has 33 heavy (non-hydrogen) atoms. The lowest BCUT2D eigenvalue weighted by atomic mass is 9.77. The van der Waals surface area contributed by atoms with E-state index >= 15 is 0 Å². The highest BCUT2D eigenvalue weighted by molar-refractivity contribution is 7.14. The summed E-state index contributed by atoms with van der Waals surface area (Å²) >= 11 is 1.13. The number of nitrogen functional groups attached to an aromatic ring is 1. The number of benzene rings is 1. The maximum atomic E-state index is 14.1. The van der Waals surface area contributed by atoms with Gasteiger partial charge in [0.15, 0.2) is 11.6 Å². The number of aliphatic carboxylic acids is 1. The van der Waals surface area contributed by atoms with Crippen molar-refractivity contribution in [1.29, 1.82) is 5.41 Å². The number of ether oxygens (including phenoxy) is 1. The van der Waals surface area contributed by atoms with E-state index in [1.54, 1.807) is 6.07 Å². The molecule has 2 aromatic rings. The number of carbonyl (C=O) groups excluding carboxylic acids is 2. The Morgan fingerprint density at radius 3 is 2.39 bits per heavy atom. The zero-order valence-electron chi connectivity index (χ0n) is 18.4. The number of carbonyl (C=O) groups is 3. The minimum absolute atomic E-state index is 0. The van der Waals surface area contributed by atoms with E-state index in [4.69, 9.17) is 21.0 Å². The first-order valence-corrected chi connectivity index (χ1v) is 10.8. The minimum atomic E-state index is -1.12. The Bertz CT molecular complexity index is 1040. The Labute approximate surface area is 201 Å². The Kier molecular flexibility index (Phi) is 10.00. The lowest BCUT2D eigenvalue weighted by molar-refractivity contribution is -0.143. The highest BCUT2D eigenvalue weighted by atomic mass is 35.5. The van der Waals surface area contributed by atoms with Gasteiger partial charge >= 0.3 is 11.9 Å². The number of amides is 1. The van der Waals surface area contributed by atoms with Crippen molar-refractivity contribution in [2.45, 2.75) is 46.1 Å². The molecule has 11 heteroatoms. The van der Waals surface area contributed by atoms with E-state index < -0.39 is 29.2 Å². The van der Waals surface area contributed by atoms with Gasteiger partial charge in [0.05, 0.1) is 5.41 Å². The van der Waals surface area contributed by atoms with E-state index in [1.165, 1.54) is 25.1 Å². The van der Waals surface area contributed by atoms with Gasteiger partial charge in [0, 0.05) is 10.4 Å². The van der Waals surface area contributed by atoms with Gasteiger partial charge in [-0.1, -0.05) is 13.8 Å². The van der Waals surface area contributed by atoms with Crippen LogP contribution in [-0.4, -0.2) is 34.8 Å². The van der Waals surface area contributed by atoms with Crippen molar-refractivity contribution in [3.05, 3.63) is 51.5 Å². The molecule has 0 fully saturated rings. The monoisotopic (exact) mass is 499 g/mol. The first-order valence-electron chi connectivity index (χ1n) is 10.0. The third-order valence-corrected chi connectivity index (χ3v) is 6.44. The number of hydrogen-bond acceptors (Lipinski definition) is 6. The number of amidine groups is 1. The molecule has 1 atom stereocenters. The summed E-state index contributed by atoms with van der Waals surface area (Å²) in [6.07, 6.45) is 1.28. The van der Waals surface area contributed by atoms with E-state index in [0.29, 0.717) is 19.3 Å². The number of hydrogen-bond donors (Lipinski definition) is 4. The maximum absolute atomic E-state index is 14.1. The van der Waals surface area contributed by atoms with Crippen molar-refractivity contribution in [3.8, 4) is 5.75 Å². The van der Waals surface area contributed by atoms with Gasteiger partial charge in [0.25, 0.3) is 0 Å². The molecule has 1 unspecified atom stereocenters. The van der Waals surface area contributed by atoms with Crippen LogP contribution in [0.3, 0.4) is 0 Å². The Morgan fingerprint density at radius 2 is 1.88 bits per heavy atom. The molecule has 0 aliphatic heterocycles. The summed E-state index contributed by atoms with van der Waals surface area (Å²) in [6.45, 7) is 5.10. The predicted molar refractivity (Wildman–Crippen MR) is 126 cm³/mol. The minimum Gasteiger partial charge on any atom is -0.480 e. The zero-order chi connectivity index (χ0) is 24.1.